The highest BCUT2D eigenvalue weighted by Crippen LogP contribution is 2.15. The monoisotopic (exact) mass is 249 g/mol. The highest BCUT2D eigenvalue weighted by molar-refractivity contribution is 5.77. The number of nitrogens with zero attached hydrogens (tertiary/aromatic N) is 1. The van der Waals surface area contributed by atoms with Crippen LogP contribution in [0.5, 0.6) is 0 Å². The third-order valence-corrected chi connectivity index (χ3v) is 3.11. The Bertz CT molecular complexity index is 404. The summed E-state index contributed by atoms with van der Waals surface area (Å²) in [6.45, 7) is 5.64. The fourth-order valence-electron chi connectivity index (χ4n) is 1.82. The maximum atomic E-state index is 11.7. The van der Waals surface area contributed by atoms with Gasteiger partial charge < -0.3 is 15.4 Å². The summed E-state index contributed by atoms with van der Waals surface area (Å²) in [4.78, 5) is 15.8. The maximum absolute atomic E-state index is 11.7. The maximum Gasteiger partial charge on any atom is 0.246 e. The van der Waals surface area contributed by atoms with Crippen LogP contribution in [0.2, 0.25) is 0 Å². The third-order valence-electron chi connectivity index (χ3n) is 3.11. The van der Waals surface area contributed by atoms with E-state index in [-0.39, 0.29) is 24.2 Å². The molecule has 1 aliphatic rings. The first kappa shape index (κ1) is 13.0. The Hall–Kier alpha value is -1.46. The first-order valence-electron chi connectivity index (χ1n) is 6.13. The van der Waals surface area contributed by atoms with Crippen molar-refractivity contribution in [1.29, 1.82) is 0 Å². The van der Waals surface area contributed by atoms with E-state index in [4.69, 9.17) is 4.74 Å². The zero-order valence-electron chi connectivity index (χ0n) is 10.8. The number of carbonyl (C=O) groups is 1. The predicted octanol–water partition coefficient (Wildman–Crippen LogP) is 0.637. The number of pyridine rings is 1. The van der Waals surface area contributed by atoms with Gasteiger partial charge in [0.15, 0.2) is 0 Å². The van der Waals surface area contributed by atoms with Crippen molar-refractivity contribution in [3.63, 3.8) is 0 Å². The molecule has 98 valence electrons. The molecule has 18 heavy (non-hydrogen) atoms. The number of carbonyl (C=O) groups excluding carboxylic acids is 1. The van der Waals surface area contributed by atoms with Crippen LogP contribution in [0.25, 0.3) is 0 Å². The number of nitrogens with one attached hydrogen (secondary N) is 2. The van der Waals surface area contributed by atoms with Crippen molar-refractivity contribution in [2.45, 2.75) is 25.5 Å². The SMILES string of the molecule is C[C@H](NC(=O)COC1(C)CNC1)c1cccnc1. The van der Waals surface area contributed by atoms with Crippen molar-refractivity contribution in [3.05, 3.63) is 30.1 Å². The van der Waals surface area contributed by atoms with E-state index >= 15 is 0 Å². The van der Waals surface area contributed by atoms with Crippen LogP contribution in [0.1, 0.15) is 25.5 Å². The van der Waals surface area contributed by atoms with Crippen molar-refractivity contribution in [2.75, 3.05) is 19.7 Å². The second-order valence-electron chi connectivity index (χ2n) is 4.92. The van der Waals surface area contributed by atoms with E-state index in [1.54, 1.807) is 12.4 Å². The van der Waals surface area contributed by atoms with Crippen LogP contribution in [0.4, 0.5) is 0 Å². The van der Waals surface area contributed by atoms with Gasteiger partial charge in [0, 0.05) is 25.5 Å². The molecule has 0 spiro atoms. The van der Waals surface area contributed by atoms with Gasteiger partial charge in [-0.15, -0.1) is 0 Å². The molecule has 1 aromatic rings. The van der Waals surface area contributed by atoms with Gasteiger partial charge >= 0.3 is 0 Å². The van der Waals surface area contributed by atoms with Gasteiger partial charge in [-0.05, 0) is 25.5 Å². The van der Waals surface area contributed by atoms with E-state index in [2.05, 4.69) is 15.6 Å². The molecule has 0 saturated carbocycles. The molecule has 0 bridgehead atoms. The number of rotatable bonds is 5. The molecule has 2 rings (SSSR count). The molecule has 5 heteroatoms. The van der Waals surface area contributed by atoms with E-state index in [0.29, 0.717) is 0 Å². The summed E-state index contributed by atoms with van der Waals surface area (Å²) >= 11 is 0. The quantitative estimate of drug-likeness (QED) is 0.803. The number of hydrogen-bond acceptors (Lipinski definition) is 4. The lowest BCUT2D eigenvalue weighted by atomic mass is 10.0. The zero-order valence-corrected chi connectivity index (χ0v) is 10.8. The van der Waals surface area contributed by atoms with Crippen LogP contribution in [-0.4, -0.2) is 36.2 Å². The lowest BCUT2D eigenvalue weighted by Crippen LogP contribution is -2.59. The van der Waals surface area contributed by atoms with Crippen LogP contribution >= 0.6 is 0 Å². The van der Waals surface area contributed by atoms with Crippen molar-refractivity contribution in [1.82, 2.24) is 15.6 Å². The molecular formula is C13H19N3O2. The van der Waals surface area contributed by atoms with Crippen molar-refractivity contribution in [3.8, 4) is 0 Å². The fraction of sp³-hybridized carbons (Fsp3) is 0.538. The topological polar surface area (TPSA) is 63.2 Å². The van der Waals surface area contributed by atoms with Crippen molar-refractivity contribution < 1.29 is 9.53 Å². The molecule has 0 aromatic carbocycles. The van der Waals surface area contributed by atoms with Crippen LogP contribution in [0, 0.1) is 0 Å². The molecule has 5 nitrogen and oxygen atoms in total. The Labute approximate surface area is 107 Å². The Morgan fingerprint density at radius 1 is 1.67 bits per heavy atom. The number of hydrogen-bond donors (Lipinski definition) is 2. The molecule has 0 radical (unpaired) electrons. The van der Waals surface area contributed by atoms with Gasteiger partial charge in [-0.2, -0.15) is 0 Å². The second-order valence-corrected chi connectivity index (χ2v) is 4.92. The number of ether oxygens (including phenoxy) is 1. The molecule has 0 aliphatic carbocycles. The van der Waals surface area contributed by atoms with Gasteiger partial charge in [0.2, 0.25) is 5.91 Å². The molecule has 1 aliphatic heterocycles. The fourth-order valence-corrected chi connectivity index (χ4v) is 1.82. The van der Waals surface area contributed by atoms with Gasteiger partial charge in [0.25, 0.3) is 0 Å². The van der Waals surface area contributed by atoms with Crippen molar-refractivity contribution in [2.24, 2.45) is 0 Å². The number of aromatic nitrogens is 1. The molecule has 1 fully saturated rings. The highest BCUT2D eigenvalue weighted by atomic mass is 16.5. The van der Waals surface area contributed by atoms with Gasteiger partial charge in [-0.25, -0.2) is 0 Å². The predicted molar refractivity (Wildman–Crippen MR) is 68.0 cm³/mol. The summed E-state index contributed by atoms with van der Waals surface area (Å²) in [7, 11) is 0. The minimum absolute atomic E-state index is 0.0536. The van der Waals surface area contributed by atoms with Gasteiger partial charge in [0.05, 0.1) is 11.6 Å². The lowest BCUT2D eigenvalue weighted by molar-refractivity contribution is -0.136. The van der Waals surface area contributed by atoms with Crippen LogP contribution in [-0.2, 0) is 9.53 Å². The van der Waals surface area contributed by atoms with Crippen molar-refractivity contribution >= 4 is 5.91 Å². The first-order chi connectivity index (χ1) is 8.59. The smallest absolute Gasteiger partial charge is 0.246 e. The Morgan fingerprint density at radius 2 is 2.44 bits per heavy atom. The Balaban J connectivity index is 1.77. The average molecular weight is 249 g/mol. The number of amides is 1. The summed E-state index contributed by atoms with van der Waals surface area (Å²) in [5, 5.41) is 6.02. The van der Waals surface area contributed by atoms with E-state index in [0.717, 1.165) is 18.7 Å². The summed E-state index contributed by atoms with van der Waals surface area (Å²) in [5.41, 5.74) is 0.803. The van der Waals surface area contributed by atoms with Crippen LogP contribution in [0.15, 0.2) is 24.5 Å². The largest absolute Gasteiger partial charge is 0.363 e. The van der Waals surface area contributed by atoms with E-state index in [1.807, 2.05) is 26.0 Å². The minimum Gasteiger partial charge on any atom is -0.363 e. The summed E-state index contributed by atoms with van der Waals surface area (Å²) < 4.78 is 5.57. The van der Waals surface area contributed by atoms with Gasteiger partial charge in [-0.1, -0.05) is 6.07 Å². The highest BCUT2D eigenvalue weighted by Gasteiger charge is 2.33. The standard InChI is InChI=1S/C13H19N3O2/c1-10(11-4-3-5-14-6-11)16-12(17)7-18-13(2)8-15-9-13/h3-6,10,15H,7-9H2,1-2H3,(H,16,17)/t10-/m0/s1. The second kappa shape index (κ2) is 5.46. The van der Waals surface area contributed by atoms with Crippen LogP contribution in [0.3, 0.4) is 0 Å². The lowest BCUT2D eigenvalue weighted by Gasteiger charge is -2.38. The van der Waals surface area contributed by atoms with E-state index in [1.165, 1.54) is 0 Å². The molecule has 0 unspecified atom stereocenters. The summed E-state index contributed by atoms with van der Waals surface area (Å²) in [6.07, 6.45) is 3.47. The molecule has 1 atom stereocenters. The average Bonchev–Trinajstić information content (AvgIpc) is 2.35. The molecule has 2 heterocycles. The Morgan fingerprint density at radius 3 is 3.00 bits per heavy atom. The zero-order chi connectivity index (χ0) is 13.0. The molecule has 1 amide bonds. The van der Waals surface area contributed by atoms with Gasteiger partial charge in [0.1, 0.15) is 6.61 Å². The normalized spacial score (nSPS) is 18.8. The molecular weight excluding hydrogens is 230 g/mol. The minimum atomic E-state index is -0.186. The summed E-state index contributed by atoms with van der Waals surface area (Å²) in [5.74, 6) is -0.0977. The molecule has 1 aromatic heterocycles. The summed E-state index contributed by atoms with van der Waals surface area (Å²) in [6, 6.07) is 3.74. The van der Waals surface area contributed by atoms with E-state index in [9.17, 15) is 4.79 Å². The molecule has 2 N–H and O–H groups in total. The van der Waals surface area contributed by atoms with Crippen LogP contribution < -0.4 is 10.6 Å². The molecule has 1 saturated heterocycles. The first-order valence-corrected chi connectivity index (χ1v) is 6.13. The van der Waals surface area contributed by atoms with Gasteiger partial charge in [-0.3, -0.25) is 9.78 Å². The Kier molecular flexibility index (Phi) is 3.93. The van der Waals surface area contributed by atoms with E-state index < -0.39 is 0 Å². The third kappa shape index (κ3) is 3.27.